The lowest BCUT2D eigenvalue weighted by Crippen LogP contribution is -2.45. The molecule has 0 fully saturated rings. The second-order valence-corrected chi connectivity index (χ2v) is 5.97. The van der Waals surface area contributed by atoms with Gasteiger partial charge in [0.25, 0.3) is 5.91 Å². The summed E-state index contributed by atoms with van der Waals surface area (Å²) in [5, 5.41) is 2.77. The summed E-state index contributed by atoms with van der Waals surface area (Å²) in [6.07, 6.45) is 2.11. The van der Waals surface area contributed by atoms with Crippen LogP contribution in [0, 0.1) is 0 Å². The third kappa shape index (κ3) is 2.74. The third-order valence-electron chi connectivity index (χ3n) is 3.35. The Hall–Kier alpha value is -2.10. The maximum absolute atomic E-state index is 12.6. The Morgan fingerprint density at radius 3 is 2.75 bits per heavy atom. The number of fused-ring (bicyclic) bond motifs is 1. The molecule has 1 N–H and O–H groups in total. The van der Waals surface area contributed by atoms with Gasteiger partial charge >= 0.3 is 0 Å². The molecule has 0 bridgehead atoms. The first-order valence-corrected chi connectivity index (χ1v) is 6.68. The van der Waals surface area contributed by atoms with Crippen LogP contribution in [-0.4, -0.2) is 28.8 Å². The molecule has 1 heterocycles. The predicted molar refractivity (Wildman–Crippen MR) is 79.8 cm³/mol. The highest BCUT2D eigenvalue weighted by Crippen LogP contribution is 2.26. The molecule has 4 heteroatoms. The van der Waals surface area contributed by atoms with Crippen molar-refractivity contribution in [3.63, 3.8) is 0 Å². The van der Waals surface area contributed by atoms with Crippen molar-refractivity contribution in [3.8, 4) is 0 Å². The summed E-state index contributed by atoms with van der Waals surface area (Å²) in [7, 11) is 0. The zero-order chi connectivity index (χ0) is 14.9. The Kier molecular flexibility index (Phi) is 3.66. The number of carbonyl (C=O) groups is 2. The van der Waals surface area contributed by atoms with Crippen LogP contribution in [0.2, 0.25) is 0 Å². The number of amides is 2. The van der Waals surface area contributed by atoms with Gasteiger partial charge in [-0.05, 0) is 38.5 Å². The number of hydrogen-bond acceptors (Lipinski definition) is 2. The first-order chi connectivity index (χ1) is 9.32. The van der Waals surface area contributed by atoms with Gasteiger partial charge in [0.1, 0.15) is 0 Å². The van der Waals surface area contributed by atoms with Crippen molar-refractivity contribution >= 4 is 17.5 Å². The van der Waals surface area contributed by atoms with Crippen molar-refractivity contribution in [2.45, 2.75) is 32.7 Å². The molecule has 106 valence electrons. The quantitative estimate of drug-likeness (QED) is 0.860. The summed E-state index contributed by atoms with van der Waals surface area (Å²) in [5.74, 6) is -0.0790. The Labute approximate surface area is 119 Å². The van der Waals surface area contributed by atoms with E-state index in [1.807, 2.05) is 26.8 Å². The van der Waals surface area contributed by atoms with E-state index in [0.29, 0.717) is 18.5 Å². The SMILES string of the molecule is C=CCN(C(=O)c1ccc2c(c1)NC(=O)C2)C(C)(C)C. The molecule has 2 rings (SSSR count). The number of hydrogen-bond donors (Lipinski definition) is 1. The van der Waals surface area contributed by atoms with E-state index in [2.05, 4.69) is 11.9 Å². The smallest absolute Gasteiger partial charge is 0.254 e. The fourth-order valence-electron chi connectivity index (χ4n) is 2.29. The van der Waals surface area contributed by atoms with E-state index in [4.69, 9.17) is 0 Å². The summed E-state index contributed by atoms with van der Waals surface area (Å²) < 4.78 is 0. The first kappa shape index (κ1) is 14.3. The lowest BCUT2D eigenvalue weighted by atomic mass is 10.0. The summed E-state index contributed by atoms with van der Waals surface area (Å²) in [6.45, 7) is 10.2. The fraction of sp³-hybridized carbons (Fsp3) is 0.375. The number of nitrogens with zero attached hydrogens (tertiary/aromatic N) is 1. The van der Waals surface area contributed by atoms with E-state index >= 15 is 0 Å². The van der Waals surface area contributed by atoms with E-state index in [9.17, 15) is 9.59 Å². The molecular weight excluding hydrogens is 252 g/mol. The molecule has 0 saturated heterocycles. The fourth-order valence-corrected chi connectivity index (χ4v) is 2.29. The number of carbonyl (C=O) groups excluding carboxylic acids is 2. The molecule has 0 unspecified atom stereocenters. The molecule has 1 aliphatic rings. The molecule has 4 nitrogen and oxygen atoms in total. The van der Waals surface area contributed by atoms with E-state index in [1.165, 1.54) is 0 Å². The maximum Gasteiger partial charge on any atom is 0.254 e. The van der Waals surface area contributed by atoms with Gasteiger partial charge in [-0.2, -0.15) is 0 Å². The minimum Gasteiger partial charge on any atom is -0.330 e. The average Bonchev–Trinajstić information content (AvgIpc) is 2.72. The monoisotopic (exact) mass is 272 g/mol. The third-order valence-corrected chi connectivity index (χ3v) is 3.35. The maximum atomic E-state index is 12.6. The highest BCUT2D eigenvalue weighted by Gasteiger charge is 2.27. The minimum atomic E-state index is -0.284. The van der Waals surface area contributed by atoms with Crippen LogP contribution in [0.15, 0.2) is 30.9 Å². The van der Waals surface area contributed by atoms with Crippen molar-refractivity contribution in [2.75, 3.05) is 11.9 Å². The van der Waals surface area contributed by atoms with E-state index in [-0.39, 0.29) is 17.4 Å². The average molecular weight is 272 g/mol. The normalized spacial score (nSPS) is 13.7. The van der Waals surface area contributed by atoms with Crippen molar-refractivity contribution in [3.05, 3.63) is 42.0 Å². The van der Waals surface area contributed by atoms with Crippen LogP contribution in [0.3, 0.4) is 0 Å². The Morgan fingerprint density at radius 2 is 2.15 bits per heavy atom. The molecule has 0 radical (unpaired) electrons. The van der Waals surface area contributed by atoms with Gasteiger partial charge in [0, 0.05) is 23.3 Å². The van der Waals surface area contributed by atoms with Crippen LogP contribution < -0.4 is 5.32 Å². The summed E-state index contributed by atoms with van der Waals surface area (Å²) >= 11 is 0. The van der Waals surface area contributed by atoms with Crippen LogP contribution in [0.1, 0.15) is 36.7 Å². The molecule has 1 aliphatic heterocycles. The molecule has 0 spiro atoms. The second-order valence-electron chi connectivity index (χ2n) is 5.97. The summed E-state index contributed by atoms with van der Waals surface area (Å²) in [4.78, 5) is 25.7. The largest absolute Gasteiger partial charge is 0.330 e. The van der Waals surface area contributed by atoms with Gasteiger partial charge in [-0.3, -0.25) is 9.59 Å². The molecule has 0 atom stereocenters. The van der Waals surface area contributed by atoms with Crippen LogP contribution in [0.5, 0.6) is 0 Å². The number of rotatable bonds is 3. The van der Waals surface area contributed by atoms with Gasteiger partial charge in [0.05, 0.1) is 6.42 Å². The Bertz CT molecular complexity index is 570. The second kappa shape index (κ2) is 5.12. The van der Waals surface area contributed by atoms with E-state index in [1.54, 1.807) is 23.1 Å². The van der Waals surface area contributed by atoms with Gasteiger partial charge in [0.2, 0.25) is 5.91 Å². The molecular formula is C16H20N2O2. The van der Waals surface area contributed by atoms with Gasteiger partial charge in [0.15, 0.2) is 0 Å². The predicted octanol–water partition coefficient (Wildman–Crippen LogP) is 2.61. The van der Waals surface area contributed by atoms with Crippen molar-refractivity contribution < 1.29 is 9.59 Å². The lowest BCUT2D eigenvalue weighted by molar-refractivity contribution is -0.115. The van der Waals surface area contributed by atoms with Crippen LogP contribution in [-0.2, 0) is 11.2 Å². The van der Waals surface area contributed by atoms with Gasteiger partial charge in [-0.15, -0.1) is 6.58 Å². The van der Waals surface area contributed by atoms with Gasteiger partial charge in [-0.25, -0.2) is 0 Å². The molecule has 2 amide bonds. The minimum absolute atomic E-state index is 0.0247. The standard InChI is InChI=1S/C16H20N2O2/c1-5-8-18(16(2,3)4)15(20)12-7-6-11-10-14(19)17-13(11)9-12/h5-7,9H,1,8,10H2,2-4H3,(H,17,19). The molecule has 0 aliphatic carbocycles. The van der Waals surface area contributed by atoms with E-state index in [0.717, 1.165) is 11.3 Å². The van der Waals surface area contributed by atoms with Gasteiger partial charge in [-0.1, -0.05) is 12.1 Å². The highest BCUT2D eigenvalue weighted by molar-refractivity contribution is 6.02. The van der Waals surface area contributed by atoms with Gasteiger partial charge < -0.3 is 10.2 Å². The number of benzene rings is 1. The van der Waals surface area contributed by atoms with Crippen LogP contribution in [0.25, 0.3) is 0 Å². The molecule has 1 aromatic rings. The molecule has 0 saturated carbocycles. The molecule has 20 heavy (non-hydrogen) atoms. The van der Waals surface area contributed by atoms with Crippen molar-refractivity contribution in [1.29, 1.82) is 0 Å². The first-order valence-electron chi connectivity index (χ1n) is 6.68. The number of nitrogens with one attached hydrogen (secondary N) is 1. The number of anilines is 1. The van der Waals surface area contributed by atoms with Crippen molar-refractivity contribution in [2.24, 2.45) is 0 Å². The van der Waals surface area contributed by atoms with Crippen LogP contribution in [0.4, 0.5) is 5.69 Å². The Balaban J connectivity index is 2.31. The molecule has 1 aromatic carbocycles. The summed E-state index contributed by atoms with van der Waals surface area (Å²) in [5.41, 5.74) is 1.99. The lowest BCUT2D eigenvalue weighted by Gasteiger charge is -2.35. The Morgan fingerprint density at radius 1 is 1.45 bits per heavy atom. The topological polar surface area (TPSA) is 49.4 Å². The summed E-state index contributed by atoms with van der Waals surface area (Å²) in [6, 6.07) is 5.38. The van der Waals surface area contributed by atoms with Crippen LogP contribution >= 0.6 is 0 Å². The van der Waals surface area contributed by atoms with E-state index < -0.39 is 0 Å². The highest BCUT2D eigenvalue weighted by atomic mass is 16.2. The zero-order valence-electron chi connectivity index (χ0n) is 12.2. The molecule has 0 aromatic heterocycles. The zero-order valence-corrected chi connectivity index (χ0v) is 12.2. The van der Waals surface area contributed by atoms with Crippen molar-refractivity contribution in [1.82, 2.24) is 4.90 Å².